The molecule has 1 aliphatic rings. The monoisotopic (exact) mass is 490 g/mol. The zero-order valence-corrected chi connectivity index (χ0v) is 20.1. The summed E-state index contributed by atoms with van der Waals surface area (Å²) in [4.78, 5) is 6.94. The highest BCUT2D eigenvalue weighted by atomic mass is 127. The normalized spacial score (nSPS) is 21.0. The Morgan fingerprint density at radius 1 is 1.11 bits per heavy atom. The molecule has 0 saturated carbocycles. The lowest BCUT2D eigenvalue weighted by Gasteiger charge is -2.35. The molecule has 7 heteroatoms. The second-order valence-electron chi connectivity index (χ2n) is 7.99. The molecule has 1 saturated heterocycles. The van der Waals surface area contributed by atoms with Gasteiger partial charge in [-0.05, 0) is 57.6 Å². The van der Waals surface area contributed by atoms with Gasteiger partial charge < -0.3 is 15.5 Å². The summed E-state index contributed by atoms with van der Waals surface area (Å²) in [6.45, 7) is 15.4. The Hall–Kier alpha value is -0.830. The van der Waals surface area contributed by atoms with E-state index in [9.17, 15) is 0 Å². The van der Waals surface area contributed by atoms with E-state index >= 15 is 0 Å². The van der Waals surface area contributed by atoms with Gasteiger partial charge in [0, 0.05) is 45.5 Å². The Balaban J connectivity index is 0.00000364. The number of aliphatic imine (C=N–C) groups is 1. The van der Waals surface area contributed by atoms with Crippen LogP contribution < -0.4 is 10.6 Å². The van der Waals surface area contributed by atoms with Crippen LogP contribution in [0.5, 0.6) is 0 Å². The fourth-order valence-corrected chi connectivity index (χ4v) is 4.04. The van der Waals surface area contributed by atoms with Crippen molar-refractivity contribution in [3.63, 3.8) is 0 Å². The molecule has 2 rings (SSSR count). The molecule has 6 nitrogen and oxygen atoms in total. The maximum Gasteiger partial charge on any atom is 0.190 e. The van der Waals surface area contributed by atoms with Crippen LogP contribution in [0.1, 0.15) is 44.5 Å². The Morgan fingerprint density at radius 3 is 2.22 bits per heavy atom. The van der Waals surface area contributed by atoms with E-state index in [1.54, 1.807) is 0 Å². The molecule has 1 aliphatic heterocycles. The number of guanidine groups is 1. The Labute approximate surface area is 182 Å². The number of rotatable bonds is 8. The van der Waals surface area contributed by atoms with E-state index < -0.39 is 0 Å². The Bertz CT molecular complexity index is 561. The van der Waals surface area contributed by atoms with Crippen molar-refractivity contribution < 1.29 is 0 Å². The molecule has 0 amide bonds. The lowest BCUT2D eigenvalue weighted by Crippen LogP contribution is -2.42. The zero-order chi connectivity index (χ0) is 18.9. The fourth-order valence-electron chi connectivity index (χ4n) is 4.04. The van der Waals surface area contributed by atoms with Crippen molar-refractivity contribution >= 4 is 29.9 Å². The summed E-state index contributed by atoms with van der Waals surface area (Å²) < 4.78 is 2.08. The third-order valence-electron chi connectivity index (χ3n) is 5.05. The van der Waals surface area contributed by atoms with Gasteiger partial charge in [0.05, 0.1) is 5.69 Å². The highest BCUT2D eigenvalue weighted by Crippen LogP contribution is 2.20. The highest BCUT2D eigenvalue weighted by Gasteiger charge is 2.20. The summed E-state index contributed by atoms with van der Waals surface area (Å²) in [5, 5.41) is 11.3. The number of hydrogen-bond donors (Lipinski definition) is 2. The summed E-state index contributed by atoms with van der Waals surface area (Å²) in [7, 11) is 1.84. The maximum atomic E-state index is 4.50. The molecule has 2 N–H and O–H groups in total. The summed E-state index contributed by atoms with van der Waals surface area (Å²) in [5.41, 5.74) is 2.32. The first kappa shape index (κ1) is 24.2. The number of piperidine rings is 1. The molecular formula is C20H39IN6. The molecule has 2 atom stereocenters. The Morgan fingerprint density at radius 2 is 1.70 bits per heavy atom. The topological polar surface area (TPSA) is 57.5 Å². The van der Waals surface area contributed by atoms with Crippen LogP contribution >= 0.6 is 24.0 Å². The van der Waals surface area contributed by atoms with Crippen LogP contribution in [0.15, 0.2) is 11.1 Å². The molecular weight excluding hydrogens is 451 g/mol. The lowest BCUT2D eigenvalue weighted by atomic mass is 9.92. The maximum absolute atomic E-state index is 4.50. The van der Waals surface area contributed by atoms with E-state index in [1.165, 1.54) is 31.7 Å². The summed E-state index contributed by atoms with van der Waals surface area (Å²) in [5.74, 6) is 2.57. The molecule has 156 valence electrons. The number of aryl methyl sites for hydroxylation is 3. The van der Waals surface area contributed by atoms with Gasteiger partial charge in [0.2, 0.25) is 0 Å². The minimum Gasteiger partial charge on any atom is -0.356 e. The van der Waals surface area contributed by atoms with Crippen LogP contribution in [0.4, 0.5) is 0 Å². The molecule has 0 radical (unpaired) electrons. The third kappa shape index (κ3) is 8.81. The van der Waals surface area contributed by atoms with Crippen LogP contribution in [0.25, 0.3) is 0 Å². The van der Waals surface area contributed by atoms with Gasteiger partial charge in [-0.2, -0.15) is 5.10 Å². The molecule has 0 bridgehead atoms. The standard InChI is InChI=1S/C20H38N6.HI/c1-16-12-17(2)15-25(14-16)10-6-8-22-20(21-5)23-9-7-11-26-19(4)13-18(3)24-26;/h13,16-17H,6-12,14-15H2,1-5H3,(H2,21,22,23);1H. The molecule has 1 aromatic heterocycles. The number of halogens is 1. The van der Waals surface area contributed by atoms with Gasteiger partial charge in [-0.3, -0.25) is 9.67 Å². The number of nitrogens with one attached hydrogen (secondary N) is 2. The quantitative estimate of drug-likeness (QED) is 0.255. The van der Waals surface area contributed by atoms with E-state index in [1.807, 2.05) is 14.0 Å². The molecule has 2 unspecified atom stereocenters. The average molecular weight is 490 g/mol. The van der Waals surface area contributed by atoms with Crippen LogP contribution in [-0.4, -0.2) is 60.4 Å². The van der Waals surface area contributed by atoms with Crippen molar-refractivity contribution in [3.05, 3.63) is 17.5 Å². The number of likely N-dealkylation sites (tertiary alicyclic amines) is 1. The van der Waals surface area contributed by atoms with Gasteiger partial charge in [-0.15, -0.1) is 24.0 Å². The molecule has 0 aliphatic carbocycles. The van der Waals surface area contributed by atoms with Crippen molar-refractivity contribution in [1.82, 2.24) is 25.3 Å². The minimum absolute atomic E-state index is 0. The van der Waals surface area contributed by atoms with Crippen molar-refractivity contribution in [2.75, 3.05) is 39.8 Å². The predicted octanol–water partition coefficient (Wildman–Crippen LogP) is 3.04. The number of nitrogens with zero attached hydrogens (tertiary/aromatic N) is 4. The number of aromatic nitrogens is 2. The smallest absolute Gasteiger partial charge is 0.190 e. The van der Waals surface area contributed by atoms with Crippen molar-refractivity contribution in [3.8, 4) is 0 Å². The second-order valence-corrected chi connectivity index (χ2v) is 7.99. The molecule has 1 aromatic rings. The first-order valence-electron chi connectivity index (χ1n) is 10.2. The van der Waals surface area contributed by atoms with Crippen LogP contribution in [0.2, 0.25) is 0 Å². The van der Waals surface area contributed by atoms with Gasteiger partial charge in [0.15, 0.2) is 5.96 Å². The molecule has 2 heterocycles. The van der Waals surface area contributed by atoms with Crippen LogP contribution in [-0.2, 0) is 6.54 Å². The van der Waals surface area contributed by atoms with Crippen LogP contribution in [0, 0.1) is 25.7 Å². The average Bonchev–Trinajstić information content (AvgIpc) is 2.90. The van der Waals surface area contributed by atoms with Gasteiger partial charge in [0.25, 0.3) is 0 Å². The van der Waals surface area contributed by atoms with E-state index in [4.69, 9.17) is 0 Å². The molecule has 0 aromatic carbocycles. The van der Waals surface area contributed by atoms with Gasteiger partial charge >= 0.3 is 0 Å². The molecule has 1 fully saturated rings. The SMILES string of the molecule is CN=C(NCCCN1CC(C)CC(C)C1)NCCCn1nc(C)cc1C.I. The first-order chi connectivity index (χ1) is 12.5. The summed E-state index contributed by atoms with van der Waals surface area (Å²) in [6.07, 6.45) is 3.57. The summed E-state index contributed by atoms with van der Waals surface area (Å²) >= 11 is 0. The predicted molar refractivity (Wildman–Crippen MR) is 125 cm³/mol. The molecule has 0 spiro atoms. The van der Waals surface area contributed by atoms with Crippen molar-refractivity contribution in [2.45, 2.75) is 53.5 Å². The zero-order valence-electron chi connectivity index (χ0n) is 17.8. The largest absolute Gasteiger partial charge is 0.356 e. The van der Waals surface area contributed by atoms with E-state index in [0.29, 0.717) is 0 Å². The lowest BCUT2D eigenvalue weighted by molar-refractivity contribution is 0.140. The van der Waals surface area contributed by atoms with Crippen molar-refractivity contribution in [1.29, 1.82) is 0 Å². The van der Waals surface area contributed by atoms with E-state index in [0.717, 1.165) is 56.0 Å². The minimum atomic E-state index is 0. The fraction of sp³-hybridized carbons (Fsp3) is 0.800. The third-order valence-corrected chi connectivity index (χ3v) is 5.05. The first-order valence-corrected chi connectivity index (χ1v) is 10.2. The second kappa shape index (κ2) is 12.6. The van der Waals surface area contributed by atoms with E-state index in [-0.39, 0.29) is 24.0 Å². The van der Waals surface area contributed by atoms with Gasteiger partial charge in [-0.25, -0.2) is 0 Å². The number of hydrogen-bond acceptors (Lipinski definition) is 3. The van der Waals surface area contributed by atoms with Gasteiger partial charge in [-0.1, -0.05) is 13.8 Å². The van der Waals surface area contributed by atoms with E-state index in [2.05, 4.69) is 57.1 Å². The summed E-state index contributed by atoms with van der Waals surface area (Å²) in [6, 6.07) is 2.12. The van der Waals surface area contributed by atoms with Crippen LogP contribution in [0.3, 0.4) is 0 Å². The van der Waals surface area contributed by atoms with Crippen molar-refractivity contribution in [2.24, 2.45) is 16.8 Å². The highest BCUT2D eigenvalue weighted by molar-refractivity contribution is 14.0. The Kier molecular flexibility index (Phi) is 11.3. The molecule has 27 heavy (non-hydrogen) atoms. The van der Waals surface area contributed by atoms with Gasteiger partial charge in [0.1, 0.15) is 0 Å².